The lowest BCUT2D eigenvalue weighted by Crippen LogP contribution is -2.63. The summed E-state index contributed by atoms with van der Waals surface area (Å²) in [5, 5.41) is 3.34. The summed E-state index contributed by atoms with van der Waals surface area (Å²) in [5.74, 6) is 1.22. The number of amides is 2. The average Bonchev–Trinajstić information content (AvgIpc) is 2.70. The standard InChI is InChI=1S/C24H33N3O3/c1-15-3-2-4-16(7-15)13-27-5-6-30-20(14-27)22(28)26-21-18-8-17-9-19(21)12-24(10-17,11-18)23(25)29/h2-4,7,17-21H,5-6,8-14H2,1H3,(H2,25,29)(H,26,28)/t17?,18?,19?,20-,21?,24?/m1/s1. The molecule has 0 radical (unpaired) electrons. The third kappa shape index (κ3) is 3.65. The van der Waals surface area contributed by atoms with Crippen LogP contribution in [0.3, 0.4) is 0 Å². The summed E-state index contributed by atoms with van der Waals surface area (Å²) in [6.45, 7) is 4.98. The average molecular weight is 412 g/mol. The zero-order chi connectivity index (χ0) is 20.9. The SMILES string of the molecule is Cc1cccc(CN2CCO[C@@H](C(=O)NC3C4CC5CC3CC(C(N)=O)(C5)C4)C2)c1. The van der Waals surface area contributed by atoms with Gasteiger partial charge in [0.25, 0.3) is 5.91 Å². The molecule has 0 spiro atoms. The molecule has 4 saturated carbocycles. The van der Waals surface area contributed by atoms with Gasteiger partial charge in [0.1, 0.15) is 6.10 Å². The van der Waals surface area contributed by atoms with Crippen LogP contribution in [0.5, 0.6) is 0 Å². The predicted octanol–water partition coefficient (Wildman–Crippen LogP) is 1.99. The first-order valence-electron chi connectivity index (χ1n) is 11.4. The summed E-state index contributed by atoms with van der Waals surface area (Å²) < 4.78 is 5.86. The fraction of sp³-hybridized carbons (Fsp3) is 0.667. The molecule has 6 rings (SSSR count). The van der Waals surface area contributed by atoms with Gasteiger partial charge in [-0.25, -0.2) is 0 Å². The minimum atomic E-state index is -0.425. The predicted molar refractivity (Wildman–Crippen MR) is 113 cm³/mol. The Morgan fingerprint density at radius 3 is 2.70 bits per heavy atom. The Balaban J connectivity index is 1.21. The van der Waals surface area contributed by atoms with Crippen molar-refractivity contribution in [2.24, 2.45) is 28.9 Å². The van der Waals surface area contributed by atoms with Crippen molar-refractivity contribution < 1.29 is 14.3 Å². The van der Waals surface area contributed by atoms with Crippen molar-refractivity contribution in [2.45, 2.75) is 57.7 Å². The second-order valence-electron chi connectivity index (χ2n) is 10.2. The number of nitrogens with zero attached hydrogens (tertiary/aromatic N) is 1. The maximum Gasteiger partial charge on any atom is 0.250 e. The fourth-order valence-corrected chi connectivity index (χ4v) is 6.89. The Morgan fingerprint density at radius 2 is 2.00 bits per heavy atom. The highest BCUT2D eigenvalue weighted by Crippen LogP contribution is 2.59. The van der Waals surface area contributed by atoms with E-state index < -0.39 is 6.10 Å². The van der Waals surface area contributed by atoms with Gasteiger partial charge in [-0.3, -0.25) is 14.5 Å². The summed E-state index contributed by atoms with van der Waals surface area (Å²) in [6.07, 6.45) is 4.43. The van der Waals surface area contributed by atoms with Crippen molar-refractivity contribution in [3.63, 3.8) is 0 Å². The Hall–Kier alpha value is -1.92. The molecule has 5 fully saturated rings. The molecule has 2 unspecified atom stereocenters. The van der Waals surface area contributed by atoms with E-state index in [1.54, 1.807) is 0 Å². The second kappa shape index (κ2) is 7.65. The minimum absolute atomic E-state index is 0.00883. The van der Waals surface area contributed by atoms with Crippen molar-refractivity contribution in [3.05, 3.63) is 35.4 Å². The minimum Gasteiger partial charge on any atom is -0.369 e. The Kier molecular flexibility index (Phi) is 5.10. The number of hydrogen-bond acceptors (Lipinski definition) is 4. The van der Waals surface area contributed by atoms with Crippen molar-refractivity contribution in [1.29, 1.82) is 0 Å². The summed E-state index contributed by atoms with van der Waals surface area (Å²) >= 11 is 0. The van der Waals surface area contributed by atoms with Gasteiger partial charge in [-0.05, 0) is 62.3 Å². The third-order valence-corrected chi connectivity index (χ3v) is 8.04. The second-order valence-corrected chi connectivity index (χ2v) is 10.2. The molecule has 1 aromatic rings. The lowest BCUT2D eigenvalue weighted by atomic mass is 9.47. The fourth-order valence-electron chi connectivity index (χ4n) is 6.89. The first-order chi connectivity index (χ1) is 14.4. The van der Waals surface area contributed by atoms with E-state index in [1.807, 2.05) is 0 Å². The van der Waals surface area contributed by atoms with Gasteiger partial charge in [0.15, 0.2) is 0 Å². The van der Waals surface area contributed by atoms with E-state index in [4.69, 9.17) is 10.5 Å². The van der Waals surface area contributed by atoms with Gasteiger partial charge in [-0.2, -0.15) is 0 Å². The molecule has 162 valence electrons. The van der Waals surface area contributed by atoms with E-state index in [9.17, 15) is 9.59 Å². The zero-order valence-corrected chi connectivity index (χ0v) is 17.8. The van der Waals surface area contributed by atoms with E-state index in [0.717, 1.165) is 45.2 Å². The van der Waals surface area contributed by atoms with Crippen molar-refractivity contribution in [2.75, 3.05) is 19.7 Å². The number of ether oxygens (including phenoxy) is 1. The number of morpholine rings is 1. The normalized spacial score (nSPS) is 37.8. The van der Waals surface area contributed by atoms with Crippen LogP contribution in [0.1, 0.15) is 43.2 Å². The van der Waals surface area contributed by atoms with Crippen molar-refractivity contribution >= 4 is 11.8 Å². The zero-order valence-electron chi connectivity index (χ0n) is 17.8. The number of rotatable bonds is 5. The number of carbonyl (C=O) groups is 2. The lowest BCUT2D eigenvalue weighted by Gasteiger charge is -2.59. The lowest BCUT2D eigenvalue weighted by molar-refractivity contribution is -0.151. The highest BCUT2D eigenvalue weighted by atomic mass is 16.5. The smallest absolute Gasteiger partial charge is 0.250 e. The molecule has 1 saturated heterocycles. The molecule has 4 aliphatic carbocycles. The summed E-state index contributed by atoms with van der Waals surface area (Å²) in [7, 11) is 0. The molecule has 1 aliphatic heterocycles. The van der Waals surface area contributed by atoms with Gasteiger partial charge in [0.2, 0.25) is 5.91 Å². The van der Waals surface area contributed by atoms with Gasteiger partial charge in [-0.15, -0.1) is 0 Å². The molecule has 5 aliphatic rings. The van der Waals surface area contributed by atoms with E-state index >= 15 is 0 Å². The Bertz CT molecular complexity index is 825. The number of hydrogen-bond donors (Lipinski definition) is 2. The quantitative estimate of drug-likeness (QED) is 0.776. The number of aryl methyl sites for hydroxylation is 1. The van der Waals surface area contributed by atoms with Gasteiger partial charge < -0.3 is 15.8 Å². The van der Waals surface area contributed by atoms with E-state index in [1.165, 1.54) is 11.1 Å². The molecule has 3 atom stereocenters. The van der Waals surface area contributed by atoms with E-state index in [2.05, 4.69) is 41.4 Å². The number of primary amides is 1. The van der Waals surface area contributed by atoms with E-state index in [-0.39, 0.29) is 23.3 Å². The van der Waals surface area contributed by atoms with Crippen LogP contribution < -0.4 is 11.1 Å². The maximum atomic E-state index is 13.1. The van der Waals surface area contributed by atoms with Crippen LogP contribution in [0.4, 0.5) is 0 Å². The van der Waals surface area contributed by atoms with Crippen LogP contribution in [-0.2, 0) is 20.9 Å². The molecule has 6 nitrogen and oxygen atoms in total. The highest BCUT2D eigenvalue weighted by Gasteiger charge is 2.58. The summed E-state index contributed by atoms with van der Waals surface area (Å²) in [4.78, 5) is 27.6. The van der Waals surface area contributed by atoms with Crippen LogP contribution in [0, 0.1) is 30.1 Å². The number of nitrogens with one attached hydrogen (secondary N) is 1. The Labute approximate surface area is 178 Å². The summed E-state index contributed by atoms with van der Waals surface area (Å²) in [5.41, 5.74) is 8.00. The monoisotopic (exact) mass is 411 g/mol. The number of benzene rings is 1. The molecule has 4 bridgehead atoms. The Morgan fingerprint density at radius 1 is 1.23 bits per heavy atom. The van der Waals surface area contributed by atoms with Crippen molar-refractivity contribution in [3.8, 4) is 0 Å². The topological polar surface area (TPSA) is 84.7 Å². The molecule has 0 aromatic heterocycles. The van der Waals surface area contributed by atoms with Gasteiger partial charge in [0, 0.05) is 31.1 Å². The van der Waals surface area contributed by atoms with Crippen LogP contribution in [0.25, 0.3) is 0 Å². The molecule has 1 heterocycles. The third-order valence-electron chi connectivity index (χ3n) is 8.04. The van der Waals surface area contributed by atoms with Crippen LogP contribution in [0.15, 0.2) is 24.3 Å². The summed E-state index contributed by atoms with van der Waals surface area (Å²) in [6, 6.07) is 8.69. The number of carbonyl (C=O) groups excluding carboxylic acids is 2. The first-order valence-corrected chi connectivity index (χ1v) is 11.4. The maximum absolute atomic E-state index is 13.1. The highest BCUT2D eigenvalue weighted by molar-refractivity contribution is 5.83. The van der Waals surface area contributed by atoms with Crippen LogP contribution >= 0.6 is 0 Å². The molecule has 1 aromatic carbocycles. The van der Waals surface area contributed by atoms with Crippen LogP contribution in [-0.4, -0.2) is 48.6 Å². The van der Waals surface area contributed by atoms with Gasteiger partial charge >= 0.3 is 0 Å². The first kappa shape index (κ1) is 20.0. The van der Waals surface area contributed by atoms with Gasteiger partial charge in [-0.1, -0.05) is 29.8 Å². The van der Waals surface area contributed by atoms with Crippen molar-refractivity contribution in [1.82, 2.24) is 10.2 Å². The largest absolute Gasteiger partial charge is 0.369 e. The molecular formula is C24H33N3O3. The van der Waals surface area contributed by atoms with Crippen LogP contribution in [0.2, 0.25) is 0 Å². The molecule has 30 heavy (non-hydrogen) atoms. The molecule has 3 N–H and O–H groups in total. The molecular weight excluding hydrogens is 378 g/mol. The number of nitrogens with two attached hydrogens (primary N) is 1. The van der Waals surface area contributed by atoms with E-state index in [0.29, 0.717) is 30.9 Å². The molecule has 6 heteroatoms. The molecule has 2 amide bonds. The van der Waals surface area contributed by atoms with Gasteiger partial charge in [0.05, 0.1) is 6.61 Å².